The smallest absolute Gasteiger partial charge is 0.326 e. The van der Waals surface area contributed by atoms with Gasteiger partial charge in [-0.15, -0.1) is 11.8 Å². The van der Waals surface area contributed by atoms with Crippen LogP contribution in [0.3, 0.4) is 0 Å². The number of carboxylic acid groups (broad SMARTS) is 1. The molecule has 2 amide bonds. The van der Waals surface area contributed by atoms with Gasteiger partial charge in [0.25, 0.3) is 0 Å². The second-order valence-corrected chi connectivity index (χ2v) is 14.5. The van der Waals surface area contributed by atoms with Crippen molar-refractivity contribution in [2.75, 3.05) is 0 Å². The molecule has 3 aromatic rings. The monoisotopic (exact) mass is 604 g/mol. The minimum Gasteiger partial charge on any atom is -0.489 e. The zero-order valence-electron chi connectivity index (χ0n) is 23.3. The average Bonchev–Trinajstić information content (AvgIpc) is 3.70. The normalized spacial score (nSPS) is 29.9. The summed E-state index contributed by atoms with van der Waals surface area (Å²) in [7, 11) is 0. The van der Waals surface area contributed by atoms with Crippen molar-refractivity contribution in [3.63, 3.8) is 0 Å². The van der Waals surface area contributed by atoms with Gasteiger partial charge in [0.2, 0.25) is 11.8 Å². The first kappa shape index (κ1) is 27.5. The molecular weight excluding hydrogens is 572 g/mol. The van der Waals surface area contributed by atoms with E-state index in [9.17, 15) is 24.3 Å². The third-order valence-corrected chi connectivity index (χ3v) is 12.1. The summed E-state index contributed by atoms with van der Waals surface area (Å²) in [4.78, 5) is 57.5. The van der Waals surface area contributed by atoms with Gasteiger partial charge in [-0.05, 0) is 59.8 Å². The van der Waals surface area contributed by atoms with Crippen molar-refractivity contribution in [1.29, 1.82) is 0 Å². The minimum atomic E-state index is -1.14. The van der Waals surface area contributed by atoms with Crippen molar-refractivity contribution in [2.24, 2.45) is 35.5 Å². The SMILES string of the molecule is CC(C)CC(C(=O)O)N1C(=O)C2C3CC(C2C1=O)C1C3Sc2[nH]c(=O)sc2[C@@H]1c1cccc(OCc2ccccc2)c1. The first-order chi connectivity index (χ1) is 20.2. The van der Waals surface area contributed by atoms with Crippen LogP contribution in [0.4, 0.5) is 0 Å². The lowest BCUT2D eigenvalue weighted by atomic mass is 9.68. The Labute approximate surface area is 251 Å². The van der Waals surface area contributed by atoms with Crippen molar-refractivity contribution in [2.45, 2.75) is 55.5 Å². The van der Waals surface area contributed by atoms with E-state index in [2.05, 4.69) is 11.1 Å². The topological polar surface area (TPSA) is 117 Å². The van der Waals surface area contributed by atoms with E-state index in [-0.39, 0.29) is 57.9 Å². The molecular formula is C32H32N2O6S2. The number of H-pyrrole nitrogens is 1. The summed E-state index contributed by atoms with van der Waals surface area (Å²) in [5.74, 6) is -2.28. The molecule has 8 atom stereocenters. The number of hydrogen-bond donors (Lipinski definition) is 2. The Morgan fingerprint density at radius 2 is 1.79 bits per heavy atom. The Hall–Kier alpha value is -3.37. The van der Waals surface area contributed by atoms with Crippen LogP contribution in [0.5, 0.6) is 5.75 Å². The number of fused-ring (bicyclic) bond motifs is 9. The van der Waals surface area contributed by atoms with E-state index in [0.29, 0.717) is 6.61 Å². The number of hydrogen-bond acceptors (Lipinski definition) is 7. The number of aromatic amines is 1. The average molecular weight is 605 g/mol. The number of benzene rings is 2. The van der Waals surface area contributed by atoms with Gasteiger partial charge >= 0.3 is 10.8 Å². The molecule has 3 heterocycles. The number of carbonyl (C=O) groups excluding carboxylic acids is 2. The zero-order chi connectivity index (χ0) is 29.3. The summed E-state index contributed by atoms with van der Waals surface area (Å²) < 4.78 is 6.15. The Morgan fingerprint density at radius 3 is 2.50 bits per heavy atom. The Balaban J connectivity index is 1.24. The number of rotatable bonds is 8. The molecule has 2 saturated carbocycles. The molecule has 0 radical (unpaired) electrons. The van der Waals surface area contributed by atoms with Gasteiger partial charge in [0, 0.05) is 16.0 Å². The number of aromatic nitrogens is 1. The van der Waals surface area contributed by atoms with Crippen LogP contribution in [0.25, 0.3) is 0 Å². The molecule has 42 heavy (non-hydrogen) atoms. The molecule has 0 spiro atoms. The van der Waals surface area contributed by atoms with Crippen LogP contribution >= 0.6 is 23.1 Å². The fourth-order valence-electron chi connectivity index (χ4n) is 8.02. The van der Waals surface area contributed by atoms with Gasteiger partial charge in [0.15, 0.2) is 0 Å². The van der Waals surface area contributed by atoms with Gasteiger partial charge in [-0.1, -0.05) is 67.6 Å². The van der Waals surface area contributed by atoms with E-state index in [4.69, 9.17) is 4.74 Å². The maximum Gasteiger partial charge on any atom is 0.326 e. The number of carbonyl (C=O) groups is 3. The van der Waals surface area contributed by atoms with Crippen molar-refractivity contribution < 1.29 is 24.2 Å². The molecule has 2 N–H and O–H groups in total. The molecule has 10 heteroatoms. The van der Waals surface area contributed by atoms with E-state index in [0.717, 1.165) is 38.1 Å². The van der Waals surface area contributed by atoms with Gasteiger partial charge < -0.3 is 14.8 Å². The van der Waals surface area contributed by atoms with Crippen LogP contribution < -0.4 is 9.61 Å². The van der Waals surface area contributed by atoms with Crippen molar-refractivity contribution in [1.82, 2.24) is 9.88 Å². The number of carboxylic acids is 1. The van der Waals surface area contributed by atoms with Crippen LogP contribution in [-0.4, -0.2) is 44.1 Å². The predicted octanol–water partition coefficient (Wildman–Crippen LogP) is 4.99. The number of thioether (sulfide) groups is 1. The van der Waals surface area contributed by atoms with Gasteiger partial charge in [0.05, 0.1) is 16.9 Å². The second kappa shape index (κ2) is 10.4. The molecule has 4 aliphatic rings. The highest BCUT2D eigenvalue weighted by Crippen LogP contribution is 2.68. The third kappa shape index (κ3) is 4.33. The Morgan fingerprint density at radius 1 is 1.05 bits per heavy atom. The van der Waals surface area contributed by atoms with E-state index in [1.54, 1.807) is 11.8 Å². The minimum absolute atomic E-state index is 0.0237. The second-order valence-electron chi connectivity index (χ2n) is 12.3. The summed E-state index contributed by atoms with van der Waals surface area (Å²) in [6.45, 7) is 4.23. The summed E-state index contributed by atoms with van der Waals surface area (Å²) in [6.07, 6.45) is 0.991. The molecule has 2 aromatic carbocycles. The van der Waals surface area contributed by atoms with E-state index in [1.165, 1.54) is 11.3 Å². The number of ether oxygens (including phenoxy) is 1. The van der Waals surface area contributed by atoms with Crippen LogP contribution in [0.1, 0.15) is 48.6 Å². The molecule has 8 nitrogen and oxygen atoms in total. The van der Waals surface area contributed by atoms with E-state index in [1.807, 2.05) is 62.4 Å². The van der Waals surface area contributed by atoms with Crippen molar-refractivity contribution in [3.05, 3.63) is 80.3 Å². The number of likely N-dealkylation sites (tertiary alicyclic amines) is 1. The van der Waals surface area contributed by atoms with Gasteiger partial charge in [-0.3, -0.25) is 19.3 Å². The number of amides is 2. The number of aliphatic carboxylic acids is 1. The number of nitrogens with one attached hydrogen (secondary N) is 1. The summed E-state index contributed by atoms with van der Waals surface area (Å²) in [5, 5.41) is 10.9. The lowest BCUT2D eigenvalue weighted by Crippen LogP contribution is -2.47. The van der Waals surface area contributed by atoms with E-state index >= 15 is 0 Å². The molecule has 3 fully saturated rings. The summed E-state index contributed by atoms with van der Waals surface area (Å²) >= 11 is 2.84. The largest absolute Gasteiger partial charge is 0.489 e. The molecule has 2 aliphatic carbocycles. The quantitative estimate of drug-likeness (QED) is 0.348. The molecule has 1 aromatic heterocycles. The Kier molecular flexibility index (Phi) is 6.81. The van der Waals surface area contributed by atoms with E-state index < -0.39 is 23.8 Å². The fourth-order valence-corrected chi connectivity index (χ4v) is 10.9. The van der Waals surface area contributed by atoms with Crippen molar-refractivity contribution >= 4 is 40.9 Å². The Bertz CT molecular complexity index is 1620. The molecule has 2 aliphatic heterocycles. The zero-order valence-corrected chi connectivity index (χ0v) is 24.9. The molecule has 7 unspecified atom stereocenters. The first-order valence-electron chi connectivity index (χ1n) is 14.5. The van der Waals surface area contributed by atoms with Crippen LogP contribution in [0.15, 0.2) is 64.4 Å². The molecule has 218 valence electrons. The lowest BCUT2D eigenvalue weighted by Gasteiger charge is -2.43. The summed E-state index contributed by atoms with van der Waals surface area (Å²) in [5.41, 5.74) is 2.08. The predicted molar refractivity (Wildman–Crippen MR) is 158 cm³/mol. The van der Waals surface area contributed by atoms with Crippen LogP contribution in [-0.2, 0) is 21.0 Å². The van der Waals surface area contributed by atoms with Gasteiger partial charge in [-0.2, -0.15) is 0 Å². The highest BCUT2D eigenvalue weighted by atomic mass is 32.2. The number of thiazole rings is 1. The molecule has 7 rings (SSSR count). The lowest BCUT2D eigenvalue weighted by molar-refractivity contribution is -0.156. The standard InChI is InChI=1S/C32H32N2O6S2/c1-15(2)11-21(31(37)38)34-29(35)24-19-13-20(25(24)30(34)36)26-23(19)22(27-28(41-26)33-32(39)42-27)17-9-6-10-18(12-17)40-14-16-7-4-3-5-8-16/h3-10,12,15,19-26H,11,13-14H2,1-2H3,(H,33,39)(H,37,38)/t19?,20?,21?,22-,23?,24?,25?,26?/m1/s1. The number of imide groups is 1. The third-order valence-electron chi connectivity index (χ3n) is 9.51. The van der Waals surface area contributed by atoms with Crippen LogP contribution in [0.2, 0.25) is 0 Å². The van der Waals surface area contributed by atoms with Crippen molar-refractivity contribution in [3.8, 4) is 5.75 Å². The summed E-state index contributed by atoms with van der Waals surface area (Å²) in [6, 6.07) is 16.8. The number of nitrogens with zero attached hydrogens (tertiary/aromatic N) is 1. The van der Waals surface area contributed by atoms with Crippen LogP contribution in [0, 0.1) is 35.5 Å². The molecule has 1 saturated heterocycles. The maximum absolute atomic E-state index is 13.9. The molecule has 2 bridgehead atoms. The fraction of sp³-hybridized carbons (Fsp3) is 0.438. The van der Waals surface area contributed by atoms with Gasteiger partial charge in [-0.25, -0.2) is 4.79 Å². The highest BCUT2D eigenvalue weighted by molar-refractivity contribution is 8.00. The highest BCUT2D eigenvalue weighted by Gasteiger charge is 2.70. The van der Waals surface area contributed by atoms with Gasteiger partial charge in [0.1, 0.15) is 18.4 Å². The maximum atomic E-state index is 13.9. The first-order valence-corrected chi connectivity index (χ1v) is 16.2.